The second-order valence-corrected chi connectivity index (χ2v) is 8.99. The molecule has 0 amide bonds. The quantitative estimate of drug-likeness (QED) is 0.772. The van der Waals surface area contributed by atoms with Gasteiger partial charge in [0.05, 0.1) is 11.5 Å². The van der Waals surface area contributed by atoms with E-state index in [1.807, 2.05) is 0 Å². The third-order valence-corrected chi connectivity index (χ3v) is 8.24. The zero-order valence-corrected chi connectivity index (χ0v) is 11.1. The molecule has 4 nitrogen and oxygen atoms in total. The summed E-state index contributed by atoms with van der Waals surface area (Å²) < 4.78 is 46.5. The summed E-state index contributed by atoms with van der Waals surface area (Å²) >= 11 is 0. The number of rotatable bonds is 1. The summed E-state index contributed by atoms with van der Waals surface area (Å²) in [6.07, 6.45) is 0.201. The normalized spacial score (nSPS) is 23.4. The summed E-state index contributed by atoms with van der Waals surface area (Å²) in [4.78, 5) is 0. The monoisotopic (exact) mass is 274 g/mol. The van der Waals surface area contributed by atoms with E-state index in [0.29, 0.717) is 11.1 Å². The summed E-state index contributed by atoms with van der Waals surface area (Å²) in [6, 6.07) is 6.75. The van der Waals surface area contributed by atoms with Crippen molar-refractivity contribution in [1.82, 2.24) is 0 Å². The largest absolute Gasteiger partial charge is 0.227 e. The fraction of sp³-hybridized carbons (Fsp3) is 0.455. The summed E-state index contributed by atoms with van der Waals surface area (Å²) in [5.41, 5.74) is 1.10. The van der Waals surface area contributed by atoms with Gasteiger partial charge in [0.1, 0.15) is 0 Å². The number of benzene rings is 1. The van der Waals surface area contributed by atoms with Crippen LogP contribution in [0.2, 0.25) is 0 Å². The Kier molecular flexibility index (Phi) is 3.03. The summed E-state index contributed by atoms with van der Waals surface area (Å²) in [5.74, 6) is -0.101. The molecule has 2 rings (SSSR count). The Morgan fingerprint density at radius 2 is 1.53 bits per heavy atom. The van der Waals surface area contributed by atoms with Gasteiger partial charge in [-0.3, -0.25) is 0 Å². The summed E-state index contributed by atoms with van der Waals surface area (Å²) in [7, 11) is -7.19. The van der Waals surface area contributed by atoms with Crippen LogP contribution in [0.4, 0.5) is 0 Å². The molecule has 94 valence electrons. The molecule has 1 aliphatic heterocycles. The lowest BCUT2D eigenvalue weighted by atomic mass is 10.1. The minimum atomic E-state index is -3.59. The van der Waals surface area contributed by atoms with Crippen LogP contribution in [0.1, 0.15) is 22.1 Å². The summed E-state index contributed by atoms with van der Waals surface area (Å²) in [5, 5.41) is 0. The third kappa shape index (κ3) is 2.24. The molecule has 17 heavy (non-hydrogen) atoms. The molecule has 1 aliphatic rings. The Labute approximate surface area is 102 Å². The van der Waals surface area contributed by atoms with Crippen LogP contribution in [-0.4, -0.2) is 28.3 Å². The molecule has 1 saturated heterocycles. The molecule has 0 atom stereocenters. The van der Waals surface area contributed by atoms with Crippen molar-refractivity contribution in [2.45, 2.75) is 17.9 Å². The first kappa shape index (κ1) is 12.6. The van der Waals surface area contributed by atoms with E-state index in [4.69, 9.17) is 0 Å². The van der Waals surface area contributed by atoms with Crippen LogP contribution in [0.15, 0.2) is 24.3 Å². The zero-order valence-electron chi connectivity index (χ0n) is 9.46. The number of sulfone groups is 2. The Bertz CT molecular complexity index is 595. The lowest BCUT2D eigenvalue weighted by Crippen LogP contribution is -2.33. The highest BCUT2D eigenvalue weighted by molar-refractivity contribution is 8.09. The molecule has 0 radical (unpaired) electrons. The molecule has 6 heteroatoms. The van der Waals surface area contributed by atoms with Gasteiger partial charge in [0.2, 0.25) is 0 Å². The number of hydrogen-bond donors (Lipinski definition) is 0. The molecule has 1 heterocycles. The van der Waals surface area contributed by atoms with Gasteiger partial charge in [-0.1, -0.05) is 24.3 Å². The van der Waals surface area contributed by atoms with E-state index < -0.39 is 24.3 Å². The van der Waals surface area contributed by atoms with Crippen molar-refractivity contribution in [2.75, 3.05) is 11.5 Å². The van der Waals surface area contributed by atoms with E-state index in [9.17, 15) is 16.8 Å². The van der Waals surface area contributed by atoms with Gasteiger partial charge in [-0.15, -0.1) is 0 Å². The van der Waals surface area contributed by atoms with E-state index >= 15 is 0 Å². The van der Waals surface area contributed by atoms with Crippen LogP contribution in [-0.2, 0) is 19.7 Å². The van der Waals surface area contributed by atoms with Crippen molar-refractivity contribution in [1.29, 1.82) is 0 Å². The van der Waals surface area contributed by atoms with Gasteiger partial charge in [-0.2, -0.15) is 0 Å². The smallest absolute Gasteiger partial charge is 0.188 e. The molecular formula is C11H14O4S2. The van der Waals surface area contributed by atoms with Crippen LogP contribution < -0.4 is 0 Å². The van der Waals surface area contributed by atoms with Gasteiger partial charge < -0.3 is 0 Å². The molecule has 1 aromatic carbocycles. The Balaban J connectivity index is 2.66. The molecule has 0 unspecified atom stereocenters. The van der Waals surface area contributed by atoms with Crippen molar-refractivity contribution in [3.8, 4) is 0 Å². The molecule has 1 fully saturated rings. The molecule has 0 N–H and O–H groups in total. The first-order valence-electron chi connectivity index (χ1n) is 5.33. The lowest BCUT2D eigenvalue weighted by Gasteiger charge is -2.24. The molecule has 0 spiro atoms. The first-order valence-corrected chi connectivity index (χ1v) is 8.76. The predicted molar refractivity (Wildman–Crippen MR) is 66.1 cm³/mol. The first-order chi connectivity index (χ1) is 7.84. The van der Waals surface area contributed by atoms with Gasteiger partial charge in [-0.25, -0.2) is 16.8 Å². The predicted octanol–water partition coefficient (Wildman–Crippen LogP) is 1.23. The SMILES string of the molecule is Cc1ccccc1C1S(=O)(=O)CCCS1(=O)=O. The fourth-order valence-electron chi connectivity index (χ4n) is 2.14. The molecule has 0 saturated carbocycles. The maximum absolute atomic E-state index is 12.0. The van der Waals surface area contributed by atoms with Gasteiger partial charge in [-0.05, 0) is 24.5 Å². The zero-order chi connectivity index (χ0) is 12.7. The van der Waals surface area contributed by atoms with Crippen LogP contribution in [0.5, 0.6) is 0 Å². The van der Waals surface area contributed by atoms with Crippen LogP contribution in [0.25, 0.3) is 0 Å². The second kappa shape index (κ2) is 4.10. The Morgan fingerprint density at radius 3 is 2.06 bits per heavy atom. The van der Waals surface area contributed by atoms with E-state index in [0.717, 1.165) is 0 Å². The average molecular weight is 274 g/mol. The van der Waals surface area contributed by atoms with E-state index in [2.05, 4.69) is 0 Å². The molecule has 1 aromatic rings. The minimum absolute atomic E-state index is 0.0504. The van der Waals surface area contributed by atoms with Gasteiger partial charge >= 0.3 is 0 Å². The maximum atomic E-state index is 12.0. The average Bonchev–Trinajstić information content (AvgIpc) is 2.18. The van der Waals surface area contributed by atoms with E-state index in [1.54, 1.807) is 31.2 Å². The van der Waals surface area contributed by atoms with Crippen molar-refractivity contribution in [3.05, 3.63) is 35.4 Å². The minimum Gasteiger partial charge on any atom is -0.227 e. The highest BCUT2D eigenvalue weighted by Crippen LogP contribution is 2.35. The van der Waals surface area contributed by atoms with Crippen LogP contribution >= 0.6 is 0 Å². The number of hydrogen-bond acceptors (Lipinski definition) is 4. The highest BCUT2D eigenvalue weighted by atomic mass is 32.3. The molecule has 0 bridgehead atoms. The maximum Gasteiger partial charge on any atom is 0.188 e. The Hall–Kier alpha value is -0.880. The van der Waals surface area contributed by atoms with E-state index in [1.165, 1.54) is 0 Å². The van der Waals surface area contributed by atoms with Crippen LogP contribution in [0, 0.1) is 6.92 Å². The van der Waals surface area contributed by atoms with E-state index in [-0.39, 0.29) is 17.9 Å². The topological polar surface area (TPSA) is 68.3 Å². The molecular weight excluding hydrogens is 260 g/mol. The second-order valence-electron chi connectivity index (χ2n) is 4.28. The number of aryl methyl sites for hydroxylation is 1. The lowest BCUT2D eigenvalue weighted by molar-refractivity contribution is 0.567. The molecule has 0 aliphatic carbocycles. The van der Waals surface area contributed by atoms with Gasteiger partial charge in [0, 0.05) is 0 Å². The van der Waals surface area contributed by atoms with Crippen molar-refractivity contribution in [3.63, 3.8) is 0 Å². The molecule has 0 aromatic heterocycles. The standard InChI is InChI=1S/C11H14O4S2/c1-9-5-2-3-6-10(9)11-16(12,13)7-4-8-17(11,14)15/h2-3,5-6,11H,4,7-8H2,1H3. The Morgan fingerprint density at radius 1 is 1.00 bits per heavy atom. The highest BCUT2D eigenvalue weighted by Gasteiger charge is 2.42. The van der Waals surface area contributed by atoms with Crippen molar-refractivity contribution >= 4 is 19.7 Å². The van der Waals surface area contributed by atoms with Crippen molar-refractivity contribution in [2.24, 2.45) is 0 Å². The van der Waals surface area contributed by atoms with Crippen LogP contribution in [0.3, 0.4) is 0 Å². The van der Waals surface area contributed by atoms with Gasteiger partial charge in [0.25, 0.3) is 0 Å². The van der Waals surface area contributed by atoms with Crippen molar-refractivity contribution < 1.29 is 16.8 Å². The third-order valence-electron chi connectivity index (χ3n) is 2.95. The summed E-state index contributed by atoms with van der Waals surface area (Å²) in [6.45, 7) is 1.73. The van der Waals surface area contributed by atoms with Gasteiger partial charge in [0.15, 0.2) is 24.3 Å². The fourth-order valence-corrected chi connectivity index (χ4v) is 7.51.